The van der Waals surface area contributed by atoms with E-state index >= 15 is 0 Å². The van der Waals surface area contributed by atoms with E-state index in [0.29, 0.717) is 23.5 Å². The Labute approximate surface area is 188 Å². The number of pyridine rings is 1. The minimum absolute atomic E-state index is 0.144. The molecule has 7 nitrogen and oxygen atoms in total. The van der Waals surface area contributed by atoms with Crippen molar-refractivity contribution in [3.8, 4) is 5.69 Å². The summed E-state index contributed by atoms with van der Waals surface area (Å²) >= 11 is 0. The van der Waals surface area contributed by atoms with Gasteiger partial charge in [0.1, 0.15) is 11.0 Å². The van der Waals surface area contributed by atoms with Crippen molar-refractivity contribution in [1.29, 1.82) is 0 Å². The normalized spacial score (nSPS) is 13.4. The summed E-state index contributed by atoms with van der Waals surface area (Å²) in [4.78, 5) is 39.9. The van der Waals surface area contributed by atoms with E-state index in [1.807, 2.05) is 6.07 Å². The van der Waals surface area contributed by atoms with Gasteiger partial charge in [0.15, 0.2) is 0 Å². The summed E-state index contributed by atoms with van der Waals surface area (Å²) in [5.41, 5.74) is 1.41. The fourth-order valence-electron chi connectivity index (χ4n) is 4.15. The van der Waals surface area contributed by atoms with Gasteiger partial charge in [0.05, 0.1) is 18.0 Å². The second kappa shape index (κ2) is 8.20. The van der Waals surface area contributed by atoms with Gasteiger partial charge in [-0.1, -0.05) is 30.3 Å². The minimum Gasteiger partial charge on any atom is -0.355 e. The quantitative estimate of drug-likeness (QED) is 0.492. The molecule has 0 bridgehead atoms. The van der Waals surface area contributed by atoms with Crippen molar-refractivity contribution < 1.29 is 4.39 Å². The number of fused-ring (bicyclic) bond motifs is 1. The molecule has 4 aromatic rings. The van der Waals surface area contributed by atoms with Gasteiger partial charge in [0, 0.05) is 31.3 Å². The molecule has 1 N–H and O–H groups in total. The molecule has 2 aromatic carbocycles. The van der Waals surface area contributed by atoms with Crippen LogP contribution in [0.4, 0.5) is 15.8 Å². The zero-order valence-corrected chi connectivity index (χ0v) is 18.1. The molecule has 0 unspecified atom stereocenters. The monoisotopic (exact) mass is 446 g/mol. The minimum atomic E-state index is -0.455. The second-order valence-corrected chi connectivity index (χ2v) is 8.27. The Morgan fingerprint density at radius 1 is 1.00 bits per heavy atom. The molecule has 1 aliphatic rings. The predicted molar refractivity (Wildman–Crippen MR) is 127 cm³/mol. The molecule has 0 spiro atoms. The fraction of sp³-hybridized carbons (Fsp3) is 0.240. The maximum Gasteiger partial charge on any atom is 0.337 e. The van der Waals surface area contributed by atoms with Crippen LogP contribution in [0.1, 0.15) is 24.4 Å². The van der Waals surface area contributed by atoms with Gasteiger partial charge in [-0.3, -0.25) is 23.1 Å². The van der Waals surface area contributed by atoms with Crippen LogP contribution in [-0.2, 0) is 13.5 Å². The Morgan fingerprint density at radius 2 is 1.70 bits per heavy atom. The molecule has 1 fully saturated rings. The molecule has 168 valence electrons. The van der Waals surface area contributed by atoms with Crippen molar-refractivity contribution in [2.75, 3.05) is 12.0 Å². The van der Waals surface area contributed by atoms with Crippen molar-refractivity contribution in [3.05, 3.63) is 97.4 Å². The molecular formula is C25H23FN4O3. The average molecular weight is 446 g/mol. The van der Waals surface area contributed by atoms with E-state index in [2.05, 4.69) is 5.32 Å². The van der Waals surface area contributed by atoms with Crippen LogP contribution in [0.15, 0.2) is 75.0 Å². The van der Waals surface area contributed by atoms with Gasteiger partial charge in [-0.05, 0) is 42.7 Å². The number of rotatable bonds is 6. The highest BCUT2D eigenvalue weighted by Gasteiger charge is 2.30. The number of nitrogens with zero attached hydrogens (tertiary/aromatic N) is 3. The number of alkyl halides is 1. The summed E-state index contributed by atoms with van der Waals surface area (Å²) in [5, 5.41) is 3.44. The molecule has 0 radical (unpaired) electrons. The number of aryl methyl sites for hydroxylation is 2. The van der Waals surface area contributed by atoms with Crippen molar-refractivity contribution in [3.63, 3.8) is 0 Å². The largest absolute Gasteiger partial charge is 0.355 e. The number of para-hydroxylation sites is 1. The smallest absolute Gasteiger partial charge is 0.337 e. The first-order chi connectivity index (χ1) is 16.0. The van der Waals surface area contributed by atoms with Crippen molar-refractivity contribution in [2.45, 2.75) is 25.3 Å². The third-order valence-corrected chi connectivity index (χ3v) is 5.99. The highest BCUT2D eigenvalue weighted by molar-refractivity contribution is 5.91. The van der Waals surface area contributed by atoms with Crippen LogP contribution in [0.5, 0.6) is 0 Å². The predicted octanol–water partition coefficient (Wildman–Crippen LogP) is 3.44. The van der Waals surface area contributed by atoms with Crippen LogP contribution in [0.3, 0.4) is 0 Å². The zero-order chi connectivity index (χ0) is 23.1. The van der Waals surface area contributed by atoms with Crippen LogP contribution < -0.4 is 22.1 Å². The van der Waals surface area contributed by atoms with Gasteiger partial charge in [-0.15, -0.1) is 0 Å². The number of hydrogen-bond donors (Lipinski definition) is 1. The third-order valence-electron chi connectivity index (χ3n) is 5.99. The summed E-state index contributed by atoms with van der Waals surface area (Å²) < 4.78 is 16.7. The lowest BCUT2D eigenvalue weighted by Gasteiger charge is -2.18. The van der Waals surface area contributed by atoms with Gasteiger partial charge < -0.3 is 5.32 Å². The number of benzene rings is 2. The Hall–Kier alpha value is -3.94. The van der Waals surface area contributed by atoms with Crippen LogP contribution >= 0.6 is 0 Å². The highest BCUT2D eigenvalue weighted by atomic mass is 19.1. The van der Waals surface area contributed by atoms with Crippen LogP contribution in [0, 0.1) is 0 Å². The summed E-state index contributed by atoms with van der Waals surface area (Å²) in [6, 6.07) is 17.4. The molecule has 8 heteroatoms. The van der Waals surface area contributed by atoms with E-state index in [-0.39, 0.29) is 22.6 Å². The Balaban J connectivity index is 1.80. The number of anilines is 2. The molecule has 2 aromatic heterocycles. The molecular weight excluding hydrogens is 423 g/mol. The van der Waals surface area contributed by atoms with E-state index in [4.69, 9.17) is 0 Å². The Bertz CT molecular complexity index is 1510. The molecule has 2 heterocycles. The molecule has 0 saturated heterocycles. The summed E-state index contributed by atoms with van der Waals surface area (Å²) in [5.74, 6) is 0. The van der Waals surface area contributed by atoms with E-state index in [0.717, 1.165) is 18.4 Å². The molecule has 0 amide bonds. The first-order valence-electron chi connectivity index (χ1n) is 10.9. The Morgan fingerprint density at radius 3 is 2.33 bits per heavy atom. The lowest BCUT2D eigenvalue weighted by molar-refractivity contribution is 0.495. The number of nitrogens with one attached hydrogen (secondary N) is 1. The second-order valence-electron chi connectivity index (χ2n) is 8.27. The molecule has 1 aliphatic carbocycles. The summed E-state index contributed by atoms with van der Waals surface area (Å²) in [6.07, 6.45) is 1.85. The zero-order valence-electron chi connectivity index (χ0n) is 18.1. The number of hydrogen-bond acceptors (Lipinski definition) is 4. The number of halogens is 1. The van der Waals surface area contributed by atoms with Gasteiger partial charge in [-0.25, -0.2) is 9.36 Å². The van der Waals surface area contributed by atoms with Crippen LogP contribution in [0.25, 0.3) is 16.7 Å². The molecule has 5 rings (SSSR count). The first kappa shape index (κ1) is 20.9. The summed E-state index contributed by atoms with van der Waals surface area (Å²) in [7, 11) is 1.56. The van der Waals surface area contributed by atoms with Crippen LogP contribution in [-0.4, -0.2) is 20.4 Å². The van der Waals surface area contributed by atoms with Gasteiger partial charge in [0.25, 0.3) is 11.1 Å². The van der Waals surface area contributed by atoms with Crippen molar-refractivity contribution >= 4 is 22.4 Å². The maximum absolute atomic E-state index is 13.6. The van der Waals surface area contributed by atoms with E-state index in [1.54, 1.807) is 55.6 Å². The standard InChI is InChI=1S/C25H23FN4O3/c1-28-21(31)15-20(27-17-9-7-16(8-10-17)13-14-26)22-23(28)29(18-5-3-2-4-6-18)25(33)30(24(22)32)19-11-12-19/h2-10,15,19,27H,11-14H2,1H3. The topological polar surface area (TPSA) is 78.0 Å². The third kappa shape index (κ3) is 3.67. The maximum atomic E-state index is 13.6. The number of aromatic nitrogens is 3. The fourth-order valence-corrected chi connectivity index (χ4v) is 4.15. The molecule has 33 heavy (non-hydrogen) atoms. The molecule has 0 atom stereocenters. The van der Waals surface area contributed by atoms with Crippen molar-refractivity contribution in [1.82, 2.24) is 13.7 Å². The van der Waals surface area contributed by atoms with Gasteiger partial charge in [-0.2, -0.15) is 0 Å². The van der Waals surface area contributed by atoms with Crippen molar-refractivity contribution in [2.24, 2.45) is 7.05 Å². The lowest BCUT2D eigenvalue weighted by Crippen LogP contribution is -2.41. The average Bonchev–Trinajstić information content (AvgIpc) is 3.64. The van der Waals surface area contributed by atoms with E-state index in [1.165, 1.54) is 19.8 Å². The lowest BCUT2D eigenvalue weighted by atomic mass is 10.1. The van der Waals surface area contributed by atoms with Gasteiger partial charge >= 0.3 is 5.69 Å². The van der Waals surface area contributed by atoms with Crippen LogP contribution in [0.2, 0.25) is 0 Å². The first-order valence-corrected chi connectivity index (χ1v) is 10.9. The molecule has 0 aliphatic heterocycles. The van der Waals surface area contributed by atoms with E-state index < -0.39 is 17.9 Å². The SMILES string of the molecule is Cn1c(=O)cc(Nc2ccc(CCF)cc2)c2c(=O)n(C3CC3)c(=O)n(-c3ccccc3)c21. The van der Waals surface area contributed by atoms with Gasteiger partial charge in [0.2, 0.25) is 0 Å². The molecule has 1 saturated carbocycles. The Kier molecular flexibility index (Phi) is 5.20. The highest BCUT2D eigenvalue weighted by Crippen LogP contribution is 2.33. The summed E-state index contributed by atoms with van der Waals surface area (Å²) in [6.45, 7) is -0.441. The van der Waals surface area contributed by atoms with E-state index in [9.17, 15) is 18.8 Å².